The summed E-state index contributed by atoms with van der Waals surface area (Å²) in [5, 5.41) is 23.9. The predicted molar refractivity (Wildman–Crippen MR) is 136 cm³/mol. The quantitative estimate of drug-likeness (QED) is 0.139. The first-order valence-electron chi connectivity index (χ1n) is 11.8. The SMILES string of the molecule is CCCCC(CC)Cn1c2ccc(C(=O)c3ccc([N+](=O)[O-])cc3)cc2c2cc([N+](=O)[O-])ccc21. The van der Waals surface area contributed by atoms with Crippen molar-refractivity contribution in [2.75, 3.05) is 0 Å². The molecule has 0 amide bonds. The minimum absolute atomic E-state index is 0.00155. The number of carbonyl (C=O) groups excluding carboxylic acids is 1. The number of nitro benzene ring substituents is 2. The number of hydrogen-bond acceptors (Lipinski definition) is 5. The van der Waals surface area contributed by atoms with Gasteiger partial charge in [-0.05, 0) is 48.7 Å². The predicted octanol–water partition coefficient (Wildman–Crippen LogP) is 7.06. The van der Waals surface area contributed by atoms with E-state index < -0.39 is 9.85 Å². The van der Waals surface area contributed by atoms with Gasteiger partial charge in [0.2, 0.25) is 0 Å². The molecule has 1 aromatic heterocycles. The lowest BCUT2D eigenvalue weighted by molar-refractivity contribution is -0.385. The van der Waals surface area contributed by atoms with Gasteiger partial charge in [0.1, 0.15) is 0 Å². The molecule has 180 valence electrons. The average molecular weight is 474 g/mol. The highest BCUT2D eigenvalue weighted by Crippen LogP contribution is 2.34. The highest BCUT2D eigenvalue weighted by molar-refractivity contribution is 6.15. The number of nitrogens with zero attached hydrogens (tertiary/aromatic N) is 3. The largest absolute Gasteiger partial charge is 0.340 e. The number of unbranched alkanes of at least 4 members (excludes halogenated alkanes) is 1. The monoisotopic (exact) mass is 473 g/mol. The summed E-state index contributed by atoms with van der Waals surface area (Å²) in [4.78, 5) is 34.6. The zero-order valence-corrected chi connectivity index (χ0v) is 19.8. The lowest BCUT2D eigenvalue weighted by atomic mass is 9.99. The zero-order valence-electron chi connectivity index (χ0n) is 19.8. The fourth-order valence-corrected chi connectivity index (χ4v) is 4.62. The molecule has 0 saturated carbocycles. The van der Waals surface area contributed by atoms with Crippen LogP contribution in [0.3, 0.4) is 0 Å². The van der Waals surface area contributed by atoms with Gasteiger partial charge in [-0.15, -0.1) is 0 Å². The van der Waals surface area contributed by atoms with Crippen LogP contribution in [-0.4, -0.2) is 20.2 Å². The van der Waals surface area contributed by atoms with E-state index in [0.717, 1.165) is 54.0 Å². The molecule has 0 fully saturated rings. The maximum absolute atomic E-state index is 13.1. The Morgan fingerprint density at radius 2 is 1.40 bits per heavy atom. The van der Waals surface area contributed by atoms with E-state index in [-0.39, 0.29) is 17.2 Å². The molecule has 0 aliphatic heterocycles. The summed E-state index contributed by atoms with van der Waals surface area (Å²) >= 11 is 0. The molecule has 8 heteroatoms. The van der Waals surface area contributed by atoms with E-state index in [4.69, 9.17) is 0 Å². The topological polar surface area (TPSA) is 108 Å². The van der Waals surface area contributed by atoms with Crippen LogP contribution in [-0.2, 0) is 6.54 Å². The molecule has 1 unspecified atom stereocenters. The molecular weight excluding hydrogens is 446 g/mol. The number of ketones is 1. The van der Waals surface area contributed by atoms with Crippen LogP contribution >= 0.6 is 0 Å². The molecule has 8 nitrogen and oxygen atoms in total. The van der Waals surface area contributed by atoms with Gasteiger partial charge in [0.05, 0.1) is 9.85 Å². The molecule has 0 bridgehead atoms. The van der Waals surface area contributed by atoms with Gasteiger partial charge in [-0.1, -0.05) is 33.1 Å². The fraction of sp³-hybridized carbons (Fsp3) is 0.296. The summed E-state index contributed by atoms with van der Waals surface area (Å²) in [6.07, 6.45) is 4.42. The van der Waals surface area contributed by atoms with Gasteiger partial charge in [0, 0.05) is 63.7 Å². The average Bonchev–Trinajstić information content (AvgIpc) is 3.18. The van der Waals surface area contributed by atoms with Crippen molar-refractivity contribution < 1.29 is 14.6 Å². The molecule has 0 radical (unpaired) electrons. The molecule has 0 aliphatic rings. The summed E-state index contributed by atoms with van der Waals surface area (Å²) in [5.41, 5.74) is 2.52. The standard InChI is InChI=1S/C27H27N3O5/c1-3-5-6-18(4-2)17-28-25-13-9-20(27(31)19-7-10-21(11-8-19)29(32)33)15-23(25)24-16-22(30(34)35)12-14-26(24)28/h7-16,18H,3-6,17H2,1-2H3. The van der Waals surface area contributed by atoms with Crippen LogP contribution in [0.4, 0.5) is 11.4 Å². The Hall–Kier alpha value is -4.07. The summed E-state index contributed by atoms with van der Waals surface area (Å²) in [7, 11) is 0. The Bertz CT molecular complexity index is 1420. The summed E-state index contributed by atoms with van der Waals surface area (Å²) in [5.74, 6) is 0.216. The van der Waals surface area contributed by atoms with Crippen LogP contribution in [0.25, 0.3) is 21.8 Å². The second-order valence-corrected chi connectivity index (χ2v) is 8.85. The smallest absolute Gasteiger partial charge is 0.270 e. The Balaban J connectivity index is 1.83. The van der Waals surface area contributed by atoms with E-state index in [9.17, 15) is 25.0 Å². The lowest BCUT2D eigenvalue weighted by Gasteiger charge is -2.17. The third-order valence-corrected chi connectivity index (χ3v) is 6.65. The van der Waals surface area contributed by atoms with Gasteiger partial charge < -0.3 is 4.57 Å². The molecule has 3 aromatic carbocycles. The molecular formula is C27H27N3O5. The number of rotatable bonds is 10. The Kier molecular flexibility index (Phi) is 6.91. The van der Waals surface area contributed by atoms with Crippen molar-refractivity contribution in [1.82, 2.24) is 4.57 Å². The van der Waals surface area contributed by atoms with Crippen molar-refractivity contribution in [3.8, 4) is 0 Å². The minimum atomic E-state index is -0.508. The van der Waals surface area contributed by atoms with Crippen LogP contribution in [0, 0.1) is 26.1 Å². The molecule has 4 aromatic rings. The molecule has 1 heterocycles. The highest BCUT2D eigenvalue weighted by atomic mass is 16.6. The van der Waals surface area contributed by atoms with Crippen molar-refractivity contribution in [2.45, 2.75) is 46.1 Å². The maximum Gasteiger partial charge on any atom is 0.270 e. The number of nitro groups is 2. The molecule has 0 spiro atoms. The molecule has 0 N–H and O–H groups in total. The van der Waals surface area contributed by atoms with Crippen LogP contribution < -0.4 is 0 Å². The van der Waals surface area contributed by atoms with Crippen molar-refractivity contribution in [3.63, 3.8) is 0 Å². The molecule has 0 saturated heterocycles. The van der Waals surface area contributed by atoms with Crippen molar-refractivity contribution in [1.29, 1.82) is 0 Å². The normalized spacial score (nSPS) is 12.2. The first kappa shape index (κ1) is 24.1. The fourth-order valence-electron chi connectivity index (χ4n) is 4.62. The summed E-state index contributed by atoms with van der Waals surface area (Å²) in [6, 6.07) is 15.8. The number of fused-ring (bicyclic) bond motifs is 3. The first-order chi connectivity index (χ1) is 16.8. The summed E-state index contributed by atoms with van der Waals surface area (Å²) < 4.78 is 2.21. The second kappa shape index (κ2) is 10.0. The summed E-state index contributed by atoms with van der Waals surface area (Å²) in [6.45, 7) is 5.15. The number of benzene rings is 3. The Morgan fingerprint density at radius 3 is 2.00 bits per heavy atom. The third kappa shape index (κ3) is 4.77. The van der Waals surface area contributed by atoms with Gasteiger partial charge in [-0.25, -0.2) is 0 Å². The van der Waals surface area contributed by atoms with Crippen LogP contribution in [0.1, 0.15) is 55.5 Å². The minimum Gasteiger partial charge on any atom is -0.340 e. The molecule has 35 heavy (non-hydrogen) atoms. The van der Waals surface area contributed by atoms with Gasteiger partial charge in [-0.3, -0.25) is 25.0 Å². The zero-order chi connectivity index (χ0) is 25.1. The molecule has 4 rings (SSSR count). The second-order valence-electron chi connectivity index (χ2n) is 8.85. The third-order valence-electron chi connectivity index (χ3n) is 6.65. The lowest BCUT2D eigenvalue weighted by Crippen LogP contribution is -2.10. The van der Waals surface area contributed by atoms with Crippen LogP contribution in [0.15, 0.2) is 60.7 Å². The Morgan fingerprint density at radius 1 is 0.829 bits per heavy atom. The van der Waals surface area contributed by atoms with E-state index in [1.165, 1.54) is 30.3 Å². The number of aromatic nitrogens is 1. The van der Waals surface area contributed by atoms with Crippen LogP contribution in [0.2, 0.25) is 0 Å². The Labute approximate surface area is 202 Å². The van der Waals surface area contributed by atoms with E-state index in [1.54, 1.807) is 24.3 Å². The van der Waals surface area contributed by atoms with Gasteiger partial charge in [0.15, 0.2) is 5.78 Å². The highest BCUT2D eigenvalue weighted by Gasteiger charge is 2.19. The van der Waals surface area contributed by atoms with Crippen molar-refractivity contribution >= 4 is 39.0 Å². The first-order valence-corrected chi connectivity index (χ1v) is 11.8. The van der Waals surface area contributed by atoms with Crippen molar-refractivity contribution in [2.24, 2.45) is 5.92 Å². The van der Waals surface area contributed by atoms with E-state index in [0.29, 0.717) is 17.0 Å². The number of hydrogen-bond donors (Lipinski definition) is 0. The van der Waals surface area contributed by atoms with Crippen LogP contribution in [0.5, 0.6) is 0 Å². The van der Waals surface area contributed by atoms with E-state index in [1.807, 2.05) is 6.07 Å². The van der Waals surface area contributed by atoms with Gasteiger partial charge in [0.25, 0.3) is 11.4 Å². The number of non-ortho nitro benzene ring substituents is 2. The molecule has 1 atom stereocenters. The van der Waals surface area contributed by atoms with E-state index in [2.05, 4.69) is 18.4 Å². The van der Waals surface area contributed by atoms with Gasteiger partial charge in [-0.2, -0.15) is 0 Å². The molecule has 0 aliphatic carbocycles. The number of carbonyl (C=O) groups is 1. The van der Waals surface area contributed by atoms with E-state index >= 15 is 0 Å². The maximum atomic E-state index is 13.1. The van der Waals surface area contributed by atoms with Crippen molar-refractivity contribution in [3.05, 3.63) is 92.0 Å². The van der Waals surface area contributed by atoms with Gasteiger partial charge >= 0.3 is 0 Å².